The molecule has 0 radical (unpaired) electrons. The first kappa shape index (κ1) is 11.5. The molecule has 94 valence electrons. The maximum Gasteiger partial charge on any atom is 0.0596 e. The number of allylic oxidation sites excluding steroid dienone is 3. The van der Waals surface area contributed by atoms with Gasteiger partial charge in [0, 0.05) is 0 Å². The molecule has 0 aliphatic heterocycles. The van der Waals surface area contributed by atoms with Gasteiger partial charge < -0.3 is 5.11 Å². The summed E-state index contributed by atoms with van der Waals surface area (Å²) in [5.74, 6) is 2.30. The van der Waals surface area contributed by atoms with Crippen LogP contribution in [0.15, 0.2) is 24.3 Å². The largest absolute Gasteiger partial charge is 0.393 e. The van der Waals surface area contributed by atoms with Crippen molar-refractivity contribution >= 4 is 0 Å². The number of rotatable bonds is 1. The van der Waals surface area contributed by atoms with E-state index in [0.717, 1.165) is 24.2 Å². The second-order valence-corrected chi connectivity index (χ2v) is 6.50. The summed E-state index contributed by atoms with van der Waals surface area (Å²) in [4.78, 5) is 0. The topological polar surface area (TPSA) is 20.2 Å². The van der Waals surface area contributed by atoms with Gasteiger partial charge in [0.25, 0.3) is 0 Å². The molecule has 0 heterocycles. The lowest BCUT2D eigenvalue weighted by atomic mass is 9.56. The molecule has 0 aromatic rings. The van der Waals surface area contributed by atoms with Gasteiger partial charge in [-0.25, -0.2) is 0 Å². The fraction of sp³-hybridized carbons (Fsp3) is 0.750. The first-order chi connectivity index (χ1) is 8.16. The van der Waals surface area contributed by atoms with Crippen LogP contribution < -0.4 is 0 Å². The molecule has 0 aromatic carbocycles. The first-order valence-electron chi connectivity index (χ1n) is 7.17. The zero-order valence-electron chi connectivity index (χ0n) is 10.9. The van der Waals surface area contributed by atoms with E-state index in [9.17, 15) is 5.11 Å². The van der Waals surface area contributed by atoms with E-state index in [-0.39, 0.29) is 11.5 Å². The molecule has 1 N–H and O–H groups in total. The SMILES string of the molecule is C=CC1=CCCC2C1CCC1(C)C(O)CCC21. The van der Waals surface area contributed by atoms with E-state index in [0.29, 0.717) is 0 Å². The minimum Gasteiger partial charge on any atom is -0.393 e. The van der Waals surface area contributed by atoms with Crippen molar-refractivity contribution in [1.82, 2.24) is 0 Å². The minimum atomic E-state index is -0.0495. The number of aliphatic hydroxyl groups is 1. The molecule has 2 fully saturated rings. The van der Waals surface area contributed by atoms with E-state index in [4.69, 9.17) is 0 Å². The van der Waals surface area contributed by atoms with E-state index in [1.54, 1.807) is 0 Å². The Morgan fingerprint density at radius 1 is 1.35 bits per heavy atom. The molecule has 3 rings (SSSR count). The Morgan fingerprint density at radius 2 is 2.18 bits per heavy atom. The Balaban J connectivity index is 1.91. The van der Waals surface area contributed by atoms with Crippen molar-refractivity contribution in [3.8, 4) is 0 Å². The van der Waals surface area contributed by atoms with Gasteiger partial charge in [0.15, 0.2) is 0 Å². The number of fused-ring (bicyclic) bond motifs is 3. The van der Waals surface area contributed by atoms with E-state index in [1.807, 2.05) is 0 Å². The smallest absolute Gasteiger partial charge is 0.0596 e. The van der Waals surface area contributed by atoms with Crippen molar-refractivity contribution in [1.29, 1.82) is 0 Å². The van der Waals surface area contributed by atoms with Gasteiger partial charge in [-0.3, -0.25) is 0 Å². The summed E-state index contributed by atoms with van der Waals surface area (Å²) in [6.45, 7) is 6.31. The van der Waals surface area contributed by atoms with Crippen molar-refractivity contribution in [2.24, 2.45) is 23.2 Å². The van der Waals surface area contributed by atoms with Crippen molar-refractivity contribution in [2.45, 2.75) is 51.6 Å². The molecule has 0 aromatic heterocycles. The molecule has 17 heavy (non-hydrogen) atoms. The van der Waals surface area contributed by atoms with Gasteiger partial charge in [-0.15, -0.1) is 0 Å². The number of hydrogen-bond acceptors (Lipinski definition) is 1. The lowest BCUT2D eigenvalue weighted by molar-refractivity contribution is -0.0292. The molecule has 3 aliphatic carbocycles. The van der Waals surface area contributed by atoms with Gasteiger partial charge in [0.2, 0.25) is 0 Å². The van der Waals surface area contributed by atoms with Crippen molar-refractivity contribution < 1.29 is 5.11 Å². The van der Waals surface area contributed by atoms with Gasteiger partial charge in [0.1, 0.15) is 0 Å². The van der Waals surface area contributed by atoms with Crippen LogP contribution in [-0.2, 0) is 0 Å². The van der Waals surface area contributed by atoms with Crippen LogP contribution in [0.3, 0.4) is 0 Å². The highest BCUT2D eigenvalue weighted by atomic mass is 16.3. The van der Waals surface area contributed by atoms with E-state index in [1.165, 1.54) is 37.7 Å². The molecule has 0 spiro atoms. The van der Waals surface area contributed by atoms with Crippen LogP contribution in [0.25, 0.3) is 0 Å². The monoisotopic (exact) mass is 232 g/mol. The molecule has 0 bridgehead atoms. The molecule has 2 saturated carbocycles. The summed E-state index contributed by atoms with van der Waals surface area (Å²) in [5, 5.41) is 10.3. The van der Waals surface area contributed by atoms with Gasteiger partial charge in [-0.1, -0.05) is 25.7 Å². The quantitative estimate of drug-likeness (QED) is 0.731. The predicted molar refractivity (Wildman–Crippen MR) is 70.6 cm³/mol. The van der Waals surface area contributed by atoms with E-state index < -0.39 is 0 Å². The standard InChI is InChI=1S/C16H24O/c1-3-11-5-4-6-13-12(11)9-10-16(2)14(13)7-8-15(16)17/h3,5,12-15,17H,1,4,6-10H2,2H3. The summed E-state index contributed by atoms with van der Waals surface area (Å²) < 4.78 is 0. The Bertz CT molecular complexity index is 357. The van der Waals surface area contributed by atoms with Gasteiger partial charge in [-0.05, 0) is 67.3 Å². The fourth-order valence-corrected chi connectivity index (χ4v) is 4.90. The third kappa shape index (κ3) is 1.55. The average Bonchev–Trinajstić information content (AvgIpc) is 2.65. The van der Waals surface area contributed by atoms with Crippen LogP contribution in [0.5, 0.6) is 0 Å². The Hall–Kier alpha value is -0.560. The van der Waals surface area contributed by atoms with Crippen LogP contribution in [-0.4, -0.2) is 11.2 Å². The Morgan fingerprint density at radius 3 is 2.94 bits per heavy atom. The van der Waals surface area contributed by atoms with Crippen LogP contribution in [0.4, 0.5) is 0 Å². The maximum absolute atomic E-state index is 10.3. The molecule has 0 saturated heterocycles. The minimum absolute atomic E-state index is 0.0495. The van der Waals surface area contributed by atoms with Crippen LogP contribution in [0, 0.1) is 23.2 Å². The highest BCUT2D eigenvalue weighted by Crippen LogP contribution is 2.59. The summed E-state index contributed by atoms with van der Waals surface area (Å²) >= 11 is 0. The second-order valence-electron chi connectivity index (χ2n) is 6.50. The van der Waals surface area contributed by atoms with Gasteiger partial charge in [-0.2, -0.15) is 0 Å². The molecule has 1 heteroatoms. The third-order valence-electron chi connectivity index (χ3n) is 5.93. The molecule has 1 nitrogen and oxygen atoms in total. The average molecular weight is 232 g/mol. The maximum atomic E-state index is 10.3. The van der Waals surface area contributed by atoms with Crippen LogP contribution >= 0.6 is 0 Å². The van der Waals surface area contributed by atoms with Crippen LogP contribution in [0.1, 0.15) is 45.4 Å². The summed E-state index contributed by atoms with van der Waals surface area (Å²) in [6, 6.07) is 0. The molecular weight excluding hydrogens is 208 g/mol. The zero-order valence-corrected chi connectivity index (χ0v) is 10.9. The van der Waals surface area contributed by atoms with Crippen molar-refractivity contribution in [2.75, 3.05) is 0 Å². The first-order valence-corrected chi connectivity index (χ1v) is 7.17. The molecule has 5 unspecified atom stereocenters. The molecule has 0 amide bonds. The normalized spacial score (nSPS) is 49.2. The molecule has 3 aliphatic rings. The molecular formula is C16H24O. The Kier molecular flexibility index (Phi) is 2.70. The van der Waals surface area contributed by atoms with Crippen molar-refractivity contribution in [3.05, 3.63) is 24.3 Å². The third-order valence-corrected chi connectivity index (χ3v) is 5.93. The van der Waals surface area contributed by atoms with Gasteiger partial charge >= 0.3 is 0 Å². The summed E-state index contributed by atoms with van der Waals surface area (Å²) in [6.07, 6.45) is 11.7. The highest BCUT2D eigenvalue weighted by molar-refractivity contribution is 5.25. The Labute approximate surface area is 105 Å². The molecule has 5 atom stereocenters. The zero-order chi connectivity index (χ0) is 12.0. The van der Waals surface area contributed by atoms with E-state index in [2.05, 4.69) is 25.7 Å². The summed E-state index contributed by atoms with van der Waals surface area (Å²) in [7, 11) is 0. The lowest BCUT2D eigenvalue weighted by Gasteiger charge is -2.49. The number of hydrogen-bond donors (Lipinski definition) is 1. The number of aliphatic hydroxyl groups excluding tert-OH is 1. The second kappa shape index (κ2) is 3.98. The van der Waals surface area contributed by atoms with Crippen LogP contribution in [0.2, 0.25) is 0 Å². The van der Waals surface area contributed by atoms with E-state index >= 15 is 0 Å². The van der Waals surface area contributed by atoms with Gasteiger partial charge in [0.05, 0.1) is 6.10 Å². The fourth-order valence-electron chi connectivity index (χ4n) is 4.90. The highest BCUT2D eigenvalue weighted by Gasteiger charge is 2.53. The predicted octanol–water partition coefficient (Wildman–Crippen LogP) is 3.70. The van der Waals surface area contributed by atoms with Crippen molar-refractivity contribution in [3.63, 3.8) is 0 Å². The lowest BCUT2D eigenvalue weighted by Crippen LogP contribution is -2.44. The summed E-state index contributed by atoms with van der Waals surface area (Å²) in [5.41, 5.74) is 1.70.